The molecule has 1 unspecified atom stereocenters. The van der Waals surface area contributed by atoms with Crippen molar-refractivity contribution >= 4 is 37.4 Å². The van der Waals surface area contributed by atoms with Gasteiger partial charge in [0.25, 0.3) is 10.1 Å². The van der Waals surface area contributed by atoms with Gasteiger partial charge in [-0.2, -0.15) is 8.42 Å². The Morgan fingerprint density at radius 2 is 1.86 bits per heavy atom. The number of anilines is 2. The predicted molar refractivity (Wildman–Crippen MR) is 74.5 cm³/mol. The van der Waals surface area contributed by atoms with E-state index in [1.54, 1.807) is 0 Å². The number of amides is 1. The molecule has 116 valence electrons. The number of sulfonamides is 1. The first-order valence-corrected chi connectivity index (χ1v) is 8.74. The van der Waals surface area contributed by atoms with Gasteiger partial charge in [-0.1, -0.05) is 0 Å². The lowest BCUT2D eigenvalue weighted by atomic mass is 10.2. The Labute approximate surface area is 121 Å². The number of hydrogen-bond acceptors (Lipinski definition) is 6. The fourth-order valence-electron chi connectivity index (χ4n) is 2.09. The number of nitrogen functional groups attached to an aromatic ring is 1. The number of carbonyl (C=O) groups excluding carboxylic acids is 1. The van der Waals surface area contributed by atoms with Crippen molar-refractivity contribution in [2.24, 2.45) is 5.14 Å². The molecule has 1 aliphatic heterocycles. The number of nitrogens with two attached hydrogens (primary N) is 2. The van der Waals surface area contributed by atoms with Crippen molar-refractivity contribution in [2.75, 3.05) is 17.2 Å². The van der Waals surface area contributed by atoms with E-state index in [1.165, 1.54) is 12.1 Å². The standard InChI is InChI=1S/C10H13N3O6S2/c11-6-1-2-9(21(17,18)19)8(3-6)13-5-7(4-10(13)14)20(12,15)16/h1-3,7H,4-5,11H2,(H2,12,15,16)(H,17,18,19). The van der Waals surface area contributed by atoms with Crippen LogP contribution < -0.4 is 15.8 Å². The third kappa shape index (κ3) is 3.15. The van der Waals surface area contributed by atoms with Crippen LogP contribution in [-0.2, 0) is 24.9 Å². The molecule has 2 rings (SSSR count). The normalized spacial score (nSPS) is 20.0. The highest BCUT2D eigenvalue weighted by atomic mass is 32.2. The fraction of sp³-hybridized carbons (Fsp3) is 0.300. The minimum atomic E-state index is -4.59. The second-order valence-corrected chi connectivity index (χ2v) is 7.86. The lowest BCUT2D eigenvalue weighted by molar-refractivity contribution is -0.117. The van der Waals surface area contributed by atoms with Gasteiger partial charge in [-0.05, 0) is 18.2 Å². The highest BCUT2D eigenvalue weighted by Gasteiger charge is 2.39. The zero-order valence-corrected chi connectivity index (χ0v) is 12.3. The Morgan fingerprint density at radius 3 is 2.33 bits per heavy atom. The molecule has 1 heterocycles. The van der Waals surface area contributed by atoms with Crippen molar-refractivity contribution in [2.45, 2.75) is 16.6 Å². The van der Waals surface area contributed by atoms with Gasteiger partial charge in [-0.3, -0.25) is 9.35 Å². The molecule has 21 heavy (non-hydrogen) atoms. The van der Waals surface area contributed by atoms with Crippen LogP contribution in [0.5, 0.6) is 0 Å². The third-order valence-electron chi connectivity index (χ3n) is 3.11. The smallest absolute Gasteiger partial charge is 0.296 e. The molecule has 1 aliphatic rings. The molecule has 1 amide bonds. The number of benzene rings is 1. The van der Waals surface area contributed by atoms with Crippen LogP contribution in [0.3, 0.4) is 0 Å². The van der Waals surface area contributed by atoms with Crippen molar-refractivity contribution in [3.05, 3.63) is 18.2 Å². The van der Waals surface area contributed by atoms with E-state index < -0.39 is 36.2 Å². The lowest BCUT2D eigenvalue weighted by Crippen LogP contribution is -2.32. The summed E-state index contributed by atoms with van der Waals surface area (Å²) in [7, 11) is -8.53. The van der Waals surface area contributed by atoms with E-state index in [0.29, 0.717) is 0 Å². The monoisotopic (exact) mass is 335 g/mol. The summed E-state index contributed by atoms with van der Waals surface area (Å²) < 4.78 is 54.5. The van der Waals surface area contributed by atoms with E-state index in [9.17, 15) is 26.2 Å². The number of nitrogens with zero attached hydrogens (tertiary/aromatic N) is 1. The molecule has 1 aromatic carbocycles. The van der Waals surface area contributed by atoms with Gasteiger partial charge in [0, 0.05) is 18.7 Å². The molecule has 0 bridgehead atoms. The molecular weight excluding hydrogens is 322 g/mol. The summed E-state index contributed by atoms with van der Waals surface area (Å²) in [4.78, 5) is 12.3. The first-order chi connectivity index (χ1) is 9.50. The molecule has 0 aromatic heterocycles. The largest absolute Gasteiger partial charge is 0.399 e. The van der Waals surface area contributed by atoms with Crippen molar-refractivity contribution < 1.29 is 26.2 Å². The highest BCUT2D eigenvalue weighted by molar-refractivity contribution is 7.89. The Morgan fingerprint density at radius 1 is 1.24 bits per heavy atom. The number of carbonyl (C=O) groups is 1. The van der Waals surface area contributed by atoms with Crippen molar-refractivity contribution in [3.8, 4) is 0 Å². The Bertz CT molecular complexity index is 802. The van der Waals surface area contributed by atoms with Crippen molar-refractivity contribution in [1.82, 2.24) is 0 Å². The van der Waals surface area contributed by atoms with Crippen LogP contribution >= 0.6 is 0 Å². The van der Waals surface area contributed by atoms with E-state index in [0.717, 1.165) is 11.0 Å². The third-order valence-corrected chi connectivity index (χ3v) is 5.25. The van der Waals surface area contributed by atoms with Crippen LogP contribution in [-0.4, -0.2) is 39.1 Å². The van der Waals surface area contributed by atoms with Gasteiger partial charge in [0.1, 0.15) is 10.1 Å². The molecule has 0 spiro atoms. The van der Waals surface area contributed by atoms with Crippen LogP contribution in [0.15, 0.2) is 23.1 Å². The summed E-state index contributed by atoms with van der Waals surface area (Å²) in [5.41, 5.74) is 5.53. The number of primary sulfonamides is 1. The first kappa shape index (κ1) is 15.7. The summed E-state index contributed by atoms with van der Waals surface area (Å²) in [6.45, 7) is -0.302. The second-order valence-electron chi connectivity index (χ2n) is 4.62. The summed E-state index contributed by atoms with van der Waals surface area (Å²) in [6.07, 6.45) is -0.363. The number of rotatable bonds is 3. The molecule has 0 saturated carbocycles. The fourth-order valence-corrected chi connectivity index (χ4v) is 3.50. The van der Waals surface area contributed by atoms with Gasteiger partial charge in [-0.25, -0.2) is 13.6 Å². The molecule has 0 radical (unpaired) electrons. The maximum Gasteiger partial charge on any atom is 0.296 e. The minimum absolute atomic E-state index is 0.157. The van der Waals surface area contributed by atoms with Crippen LogP contribution in [0.4, 0.5) is 11.4 Å². The Hall–Kier alpha value is -1.69. The molecular formula is C10H13N3O6S2. The van der Waals surface area contributed by atoms with Gasteiger partial charge in [-0.15, -0.1) is 0 Å². The average Bonchev–Trinajstić information content (AvgIpc) is 2.69. The highest BCUT2D eigenvalue weighted by Crippen LogP contribution is 2.31. The minimum Gasteiger partial charge on any atom is -0.399 e. The van der Waals surface area contributed by atoms with Crippen LogP contribution in [0.2, 0.25) is 0 Å². The van der Waals surface area contributed by atoms with Crippen LogP contribution in [0, 0.1) is 0 Å². The molecule has 1 fully saturated rings. The first-order valence-electron chi connectivity index (χ1n) is 5.69. The Kier molecular flexibility index (Phi) is 3.70. The van der Waals surface area contributed by atoms with E-state index >= 15 is 0 Å². The molecule has 1 aromatic rings. The van der Waals surface area contributed by atoms with E-state index in [-0.39, 0.29) is 24.3 Å². The van der Waals surface area contributed by atoms with Gasteiger partial charge < -0.3 is 10.6 Å². The molecule has 11 heteroatoms. The van der Waals surface area contributed by atoms with E-state index in [1.807, 2.05) is 0 Å². The SMILES string of the molecule is Nc1ccc(S(=O)(=O)O)c(N2CC(S(N)(=O)=O)CC2=O)c1. The van der Waals surface area contributed by atoms with Crippen LogP contribution in [0.1, 0.15) is 6.42 Å². The zero-order chi connectivity index (χ0) is 16.0. The maximum absolute atomic E-state index is 11.9. The van der Waals surface area contributed by atoms with Gasteiger partial charge in [0.2, 0.25) is 15.9 Å². The average molecular weight is 335 g/mol. The van der Waals surface area contributed by atoms with Crippen molar-refractivity contribution in [1.29, 1.82) is 0 Å². The van der Waals surface area contributed by atoms with E-state index in [2.05, 4.69) is 0 Å². The summed E-state index contributed by atoms with van der Waals surface area (Å²) >= 11 is 0. The predicted octanol–water partition coefficient (Wildman–Crippen LogP) is -1.09. The molecule has 1 saturated heterocycles. The van der Waals surface area contributed by atoms with Crippen LogP contribution in [0.25, 0.3) is 0 Å². The molecule has 0 aliphatic carbocycles. The molecule has 5 N–H and O–H groups in total. The van der Waals surface area contributed by atoms with E-state index in [4.69, 9.17) is 10.9 Å². The molecule has 1 atom stereocenters. The van der Waals surface area contributed by atoms with Gasteiger partial charge in [0.15, 0.2) is 0 Å². The van der Waals surface area contributed by atoms with Crippen molar-refractivity contribution in [3.63, 3.8) is 0 Å². The zero-order valence-electron chi connectivity index (χ0n) is 10.6. The molecule has 9 nitrogen and oxygen atoms in total. The summed E-state index contributed by atoms with van der Waals surface area (Å²) in [5.74, 6) is -0.621. The quantitative estimate of drug-likeness (QED) is 0.467. The Balaban J connectivity index is 2.53. The maximum atomic E-state index is 11.9. The van der Waals surface area contributed by atoms with Gasteiger partial charge >= 0.3 is 0 Å². The lowest BCUT2D eigenvalue weighted by Gasteiger charge is -2.19. The summed E-state index contributed by atoms with van der Waals surface area (Å²) in [6, 6.07) is 3.45. The topological polar surface area (TPSA) is 161 Å². The summed E-state index contributed by atoms with van der Waals surface area (Å²) in [5, 5.41) is 3.86. The second kappa shape index (κ2) is 4.94. The number of hydrogen-bond donors (Lipinski definition) is 3. The van der Waals surface area contributed by atoms with Gasteiger partial charge in [0.05, 0.1) is 5.69 Å².